The number of aromatic nitrogens is 2. The number of benzene rings is 3. The Balaban J connectivity index is 1.75. The zero-order valence-electron chi connectivity index (χ0n) is 22.9. The van der Waals surface area contributed by atoms with Gasteiger partial charge in [0, 0.05) is 30.8 Å². The van der Waals surface area contributed by atoms with Crippen molar-refractivity contribution in [2.75, 3.05) is 6.54 Å². The SMILES string of the molecule is CCCCCn1c(-c2ccccc2)nc(-c2ccccc2)c1CN(CCCC)Cc1ccc(C(F)(F)F)cc1. The van der Waals surface area contributed by atoms with Crippen molar-refractivity contribution in [3.63, 3.8) is 0 Å². The molecule has 0 aliphatic carbocycles. The molecule has 0 aliphatic rings. The Morgan fingerprint density at radius 3 is 1.92 bits per heavy atom. The summed E-state index contributed by atoms with van der Waals surface area (Å²) >= 11 is 0. The van der Waals surface area contributed by atoms with Crippen LogP contribution in [0.15, 0.2) is 84.9 Å². The van der Waals surface area contributed by atoms with Crippen LogP contribution in [0, 0.1) is 0 Å². The molecule has 4 rings (SSSR count). The quantitative estimate of drug-likeness (QED) is 0.160. The van der Waals surface area contributed by atoms with E-state index in [0.29, 0.717) is 13.1 Å². The molecule has 0 radical (unpaired) electrons. The predicted octanol–water partition coefficient (Wildman–Crippen LogP) is 9.23. The van der Waals surface area contributed by atoms with Gasteiger partial charge in [0.05, 0.1) is 17.0 Å². The number of hydrogen-bond acceptors (Lipinski definition) is 2. The highest BCUT2D eigenvalue weighted by atomic mass is 19.4. The molecule has 1 heterocycles. The summed E-state index contributed by atoms with van der Waals surface area (Å²) in [6.45, 7) is 7.33. The molecular weight excluding hydrogens is 495 g/mol. The van der Waals surface area contributed by atoms with Gasteiger partial charge in [0.1, 0.15) is 5.82 Å². The second-order valence-electron chi connectivity index (χ2n) is 10.1. The highest BCUT2D eigenvalue weighted by molar-refractivity contribution is 5.68. The number of hydrogen-bond donors (Lipinski definition) is 0. The largest absolute Gasteiger partial charge is 0.416 e. The summed E-state index contributed by atoms with van der Waals surface area (Å²) in [4.78, 5) is 7.57. The zero-order chi connectivity index (χ0) is 27.7. The van der Waals surface area contributed by atoms with Crippen molar-refractivity contribution in [1.82, 2.24) is 14.5 Å². The third-order valence-corrected chi connectivity index (χ3v) is 7.03. The molecule has 0 saturated carbocycles. The maximum absolute atomic E-state index is 13.1. The van der Waals surface area contributed by atoms with Crippen molar-refractivity contribution >= 4 is 0 Å². The fourth-order valence-corrected chi connectivity index (χ4v) is 4.91. The highest BCUT2D eigenvalue weighted by Gasteiger charge is 2.30. The molecular formula is C33H38F3N3. The van der Waals surface area contributed by atoms with Crippen molar-refractivity contribution in [3.8, 4) is 22.6 Å². The maximum Gasteiger partial charge on any atom is 0.416 e. The van der Waals surface area contributed by atoms with E-state index in [0.717, 1.165) is 79.1 Å². The lowest BCUT2D eigenvalue weighted by Crippen LogP contribution is -2.26. The topological polar surface area (TPSA) is 21.1 Å². The summed E-state index contributed by atoms with van der Waals surface area (Å²) in [7, 11) is 0. The Morgan fingerprint density at radius 2 is 1.33 bits per heavy atom. The van der Waals surface area contributed by atoms with Gasteiger partial charge in [-0.2, -0.15) is 13.2 Å². The number of imidazole rings is 1. The Labute approximate surface area is 230 Å². The van der Waals surface area contributed by atoms with Crippen LogP contribution in [0.3, 0.4) is 0 Å². The number of unbranched alkanes of at least 4 members (excludes halogenated alkanes) is 3. The second-order valence-corrected chi connectivity index (χ2v) is 10.1. The third-order valence-electron chi connectivity index (χ3n) is 7.03. The standard InChI is InChI=1S/C33H38F3N3/c1-3-5-13-23-39-30(25-38(22-6-4-2)24-26-18-20-29(21-19-26)33(34,35)36)31(27-14-9-7-10-15-27)37-32(39)28-16-11-8-12-17-28/h7-12,14-21H,3-6,13,22-25H2,1-2H3. The Hall–Kier alpha value is -3.38. The smallest absolute Gasteiger partial charge is 0.326 e. The minimum absolute atomic E-state index is 0.577. The van der Waals surface area contributed by atoms with E-state index in [1.54, 1.807) is 12.1 Å². The minimum atomic E-state index is -4.33. The van der Waals surface area contributed by atoms with E-state index in [2.05, 4.69) is 47.6 Å². The van der Waals surface area contributed by atoms with Gasteiger partial charge in [-0.25, -0.2) is 4.98 Å². The van der Waals surface area contributed by atoms with Gasteiger partial charge >= 0.3 is 6.18 Å². The molecule has 3 nitrogen and oxygen atoms in total. The van der Waals surface area contributed by atoms with E-state index < -0.39 is 11.7 Å². The average Bonchev–Trinajstić information content (AvgIpc) is 3.30. The molecule has 0 aliphatic heterocycles. The van der Waals surface area contributed by atoms with Crippen molar-refractivity contribution in [2.45, 2.75) is 71.8 Å². The van der Waals surface area contributed by atoms with Gasteiger partial charge in [-0.3, -0.25) is 4.90 Å². The first-order chi connectivity index (χ1) is 18.9. The molecule has 39 heavy (non-hydrogen) atoms. The molecule has 0 saturated heterocycles. The van der Waals surface area contributed by atoms with Crippen molar-refractivity contribution in [3.05, 3.63) is 102 Å². The second kappa shape index (κ2) is 13.6. The van der Waals surface area contributed by atoms with Crippen LogP contribution >= 0.6 is 0 Å². The minimum Gasteiger partial charge on any atom is -0.326 e. The van der Waals surface area contributed by atoms with Crippen LogP contribution < -0.4 is 0 Å². The number of rotatable bonds is 13. The van der Waals surface area contributed by atoms with E-state index >= 15 is 0 Å². The first kappa shape index (κ1) is 28.6. The van der Waals surface area contributed by atoms with Crippen LogP contribution in [0.4, 0.5) is 13.2 Å². The molecule has 6 heteroatoms. The Morgan fingerprint density at radius 1 is 0.718 bits per heavy atom. The van der Waals surface area contributed by atoms with E-state index in [4.69, 9.17) is 4.98 Å². The first-order valence-electron chi connectivity index (χ1n) is 14.0. The van der Waals surface area contributed by atoms with Gasteiger partial charge in [-0.05, 0) is 37.1 Å². The lowest BCUT2D eigenvalue weighted by atomic mass is 10.1. The lowest BCUT2D eigenvalue weighted by molar-refractivity contribution is -0.137. The van der Waals surface area contributed by atoms with Gasteiger partial charge in [0.2, 0.25) is 0 Å². The van der Waals surface area contributed by atoms with Crippen LogP contribution in [0.1, 0.15) is 62.8 Å². The third kappa shape index (κ3) is 7.60. The summed E-state index contributed by atoms with van der Waals surface area (Å²) < 4.78 is 41.8. The van der Waals surface area contributed by atoms with E-state index in [1.807, 2.05) is 36.4 Å². The molecule has 0 bridgehead atoms. The van der Waals surface area contributed by atoms with Crippen LogP contribution in [0.2, 0.25) is 0 Å². The Kier molecular flexibility index (Phi) is 9.99. The molecule has 0 atom stereocenters. The van der Waals surface area contributed by atoms with Crippen molar-refractivity contribution < 1.29 is 13.2 Å². The number of nitrogens with zero attached hydrogens (tertiary/aromatic N) is 3. The first-order valence-corrected chi connectivity index (χ1v) is 14.0. The molecule has 0 fully saturated rings. The van der Waals surface area contributed by atoms with Gasteiger partial charge < -0.3 is 4.57 Å². The summed E-state index contributed by atoms with van der Waals surface area (Å²) in [6.07, 6.45) is 1.05. The van der Waals surface area contributed by atoms with Crippen LogP contribution in [-0.4, -0.2) is 21.0 Å². The van der Waals surface area contributed by atoms with Crippen molar-refractivity contribution in [2.24, 2.45) is 0 Å². The summed E-state index contributed by atoms with van der Waals surface area (Å²) in [5.41, 5.74) is 4.54. The summed E-state index contributed by atoms with van der Waals surface area (Å²) in [5.74, 6) is 0.963. The van der Waals surface area contributed by atoms with Gasteiger partial charge in [0.25, 0.3) is 0 Å². The summed E-state index contributed by atoms with van der Waals surface area (Å²) in [5, 5.41) is 0. The molecule has 0 unspecified atom stereocenters. The molecule has 4 aromatic rings. The molecule has 0 N–H and O–H groups in total. The predicted molar refractivity (Wildman–Crippen MR) is 153 cm³/mol. The number of halogens is 3. The highest BCUT2D eigenvalue weighted by Crippen LogP contribution is 2.32. The number of alkyl halides is 3. The molecule has 0 amide bonds. The van der Waals surface area contributed by atoms with Gasteiger partial charge in [-0.1, -0.05) is 106 Å². The van der Waals surface area contributed by atoms with E-state index in [1.165, 1.54) is 12.1 Å². The van der Waals surface area contributed by atoms with Crippen LogP contribution in [0.25, 0.3) is 22.6 Å². The fraction of sp³-hybridized carbons (Fsp3) is 0.364. The monoisotopic (exact) mass is 533 g/mol. The van der Waals surface area contributed by atoms with Gasteiger partial charge in [-0.15, -0.1) is 0 Å². The molecule has 206 valence electrons. The normalized spacial score (nSPS) is 11.8. The molecule has 1 aromatic heterocycles. The molecule has 0 spiro atoms. The summed E-state index contributed by atoms with van der Waals surface area (Å²) in [6, 6.07) is 26.2. The van der Waals surface area contributed by atoms with E-state index in [-0.39, 0.29) is 0 Å². The van der Waals surface area contributed by atoms with Crippen LogP contribution in [-0.2, 0) is 25.8 Å². The Bertz CT molecular complexity index is 1280. The van der Waals surface area contributed by atoms with E-state index in [9.17, 15) is 13.2 Å². The maximum atomic E-state index is 13.1. The van der Waals surface area contributed by atoms with Crippen LogP contribution in [0.5, 0.6) is 0 Å². The van der Waals surface area contributed by atoms with Crippen molar-refractivity contribution in [1.29, 1.82) is 0 Å². The molecule has 3 aromatic carbocycles. The van der Waals surface area contributed by atoms with Gasteiger partial charge in [0.15, 0.2) is 0 Å². The zero-order valence-corrected chi connectivity index (χ0v) is 22.9. The average molecular weight is 534 g/mol. The lowest BCUT2D eigenvalue weighted by Gasteiger charge is -2.24. The fourth-order valence-electron chi connectivity index (χ4n) is 4.91.